The SMILES string of the molecule is COc1ccc2c(c1)c(CN1CCC(C(=O)NCCc3ccco3)CC1)cn2C. The van der Waals surface area contributed by atoms with E-state index in [1.807, 2.05) is 18.2 Å². The van der Waals surface area contributed by atoms with E-state index in [1.54, 1.807) is 13.4 Å². The Morgan fingerprint density at radius 3 is 2.83 bits per heavy atom. The first kappa shape index (κ1) is 19.6. The molecule has 4 rings (SSSR count). The highest BCUT2D eigenvalue weighted by Gasteiger charge is 2.25. The zero-order valence-electron chi connectivity index (χ0n) is 17.2. The number of furan rings is 1. The minimum atomic E-state index is 0.107. The molecule has 1 amide bonds. The number of piperidine rings is 1. The molecule has 1 N–H and O–H groups in total. The van der Waals surface area contributed by atoms with E-state index in [4.69, 9.17) is 9.15 Å². The van der Waals surface area contributed by atoms with Gasteiger partial charge in [-0.15, -0.1) is 0 Å². The maximum atomic E-state index is 12.5. The van der Waals surface area contributed by atoms with Crippen LogP contribution in [0.1, 0.15) is 24.2 Å². The predicted molar refractivity (Wildman–Crippen MR) is 113 cm³/mol. The number of aromatic nitrogens is 1. The standard InChI is InChI=1S/C23H29N3O3/c1-25-15-18(21-14-20(28-2)5-6-22(21)25)16-26-11-8-17(9-12-26)23(27)24-10-7-19-4-3-13-29-19/h3-6,13-15,17H,7-12,16H2,1-2H3,(H,24,27). The van der Waals surface area contributed by atoms with Crippen molar-refractivity contribution in [3.05, 3.63) is 54.1 Å². The fraction of sp³-hybridized carbons (Fsp3) is 0.435. The Morgan fingerprint density at radius 1 is 1.28 bits per heavy atom. The number of nitrogens with one attached hydrogen (secondary N) is 1. The summed E-state index contributed by atoms with van der Waals surface area (Å²) in [6, 6.07) is 10.0. The molecule has 0 aliphatic carbocycles. The molecule has 3 heterocycles. The van der Waals surface area contributed by atoms with Gasteiger partial charge in [-0.1, -0.05) is 0 Å². The Bertz CT molecular complexity index is 953. The van der Waals surface area contributed by atoms with Crippen molar-refractivity contribution in [1.29, 1.82) is 0 Å². The molecule has 154 valence electrons. The van der Waals surface area contributed by atoms with Crippen LogP contribution in [0.4, 0.5) is 0 Å². The maximum absolute atomic E-state index is 12.5. The van der Waals surface area contributed by atoms with Crippen LogP contribution in [0.25, 0.3) is 10.9 Å². The van der Waals surface area contributed by atoms with Crippen LogP contribution >= 0.6 is 0 Å². The molecular weight excluding hydrogens is 366 g/mol. The van der Waals surface area contributed by atoms with Crippen molar-refractivity contribution in [2.45, 2.75) is 25.8 Å². The Labute approximate surface area is 171 Å². The number of nitrogens with zero attached hydrogens (tertiary/aromatic N) is 2. The van der Waals surface area contributed by atoms with Gasteiger partial charge < -0.3 is 19.0 Å². The molecule has 0 bridgehead atoms. The molecule has 6 heteroatoms. The van der Waals surface area contributed by atoms with Gasteiger partial charge in [-0.2, -0.15) is 0 Å². The van der Waals surface area contributed by atoms with Crippen LogP contribution < -0.4 is 10.1 Å². The molecular formula is C23H29N3O3. The van der Waals surface area contributed by atoms with E-state index in [0.29, 0.717) is 6.54 Å². The van der Waals surface area contributed by atoms with Crippen LogP contribution in [0, 0.1) is 5.92 Å². The Balaban J connectivity index is 1.29. The summed E-state index contributed by atoms with van der Waals surface area (Å²) < 4.78 is 12.9. The third kappa shape index (κ3) is 4.48. The zero-order chi connectivity index (χ0) is 20.2. The molecule has 0 unspecified atom stereocenters. The van der Waals surface area contributed by atoms with Gasteiger partial charge in [0.15, 0.2) is 0 Å². The first-order chi connectivity index (χ1) is 14.1. The second-order valence-corrected chi connectivity index (χ2v) is 7.82. The average molecular weight is 396 g/mol. The summed E-state index contributed by atoms with van der Waals surface area (Å²) in [7, 11) is 3.78. The van der Waals surface area contributed by atoms with E-state index in [9.17, 15) is 4.79 Å². The largest absolute Gasteiger partial charge is 0.497 e. The number of rotatable bonds is 7. The van der Waals surface area contributed by atoms with Gasteiger partial charge in [0, 0.05) is 49.6 Å². The monoisotopic (exact) mass is 395 g/mol. The lowest BCUT2D eigenvalue weighted by molar-refractivity contribution is -0.126. The normalized spacial score (nSPS) is 15.7. The number of hydrogen-bond donors (Lipinski definition) is 1. The molecule has 1 aliphatic heterocycles. The lowest BCUT2D eigenvalue weighted by Crippen LogP contribution is -2.40. The molecule has 1 saturated heterocycles. The quantitative estimate of drug-likeness (QED) is 0.667. The van der Waals surface area contributed by atoms with Gasteiger partial charge >= 0.3 is 0 Å². The number of methoxy groups -OCH3 is 1. The van der Waals surface area contributed by atoms with Crippen LogP contribution in [0.2, 0.25) is 0 Å². The highest BCUT2D eigenvalue weighted by atomic mass is 16.5. The van der Waals surface area contributed by atoms with Crippen LogP contribution in [0.3, 0.4) is 0 Å². The average Bonchev–Trinajstić information content (AvgIpc) is 3.36. The summed E-state index contributed by atoms with van der Waals surface area (Å²) in [5.74, 6) is 2.07. The van der Waals surface area contributed by atoms with Gasteiger partial charge in [0.1, 0.15) is 11.5 Å². The molecule has 0 radical (unpaired) electrons. The molecule has 3 aromatic rings. The van der Waals surface area contributed by atoms with Crippen molar-refractivity contribution >= 4 is 16.8 Å². The fourth-order valence-corrected chi connectivity index (χ4v) is 4.21. The van der Waals surface area contributed by atoms with E-state index in [1.165, 1.54) is 16.5 Å². The van der Waals surface area contributed by atoms with Crippen LogP contribution in [-0.2, 0) is 24.8 Å². The fourth-order valence-electron chi connectivity index (χ4n) is 4.21. The lowest BCUT2D eigenvalue weighted by Gasteiger charge is -2.31. The Hall–Kier alpha value is -2.73. The third-order valence-corrected chi connectivity index (χ3v) is 5.88. The van der Waals surface area contributed by atoms with E-state index < -0.39 is 0 Å². The highest BCUT2D eigenvalue weighted by molar-refractivity contribution is 5.85. The summed E-state index contributed by atoms with van der Waals surface area (Å²) in [6.07, 6.45) is 6.42. The smallest absolute Gasteiger partial charge is 0.223 e. The molecule has 6 nitrogen and oxygen atoms in total. The van der Waals surface area contributed by atoms with E-state index in [2.05, 4.69) is 40.2 Å². The summed E-state index contributed by atoms with van der Waals surface area (Å²) >= 11 is 0. The molecule has 0 spiro atoms. The molecule has 0 atom stereocenters. The Morgan fingerprint density at radius 2 is 2.10 bits per heavy atom. The molecule has 29 heavy (non-hydrogen) atoms. The molecule has 1 aromatic carbocycles. The number of aryl methyl sites for hydroxylation is 1. The summed E-state index contributed by atoms with van der Waals surface area (Å²) in [6.45, 7) is 3.41. The van der Waals surface area contributed by atoms with Crippen molar-refractivity contribution in [1.82, 2.24) is 14.8 Å². The molecule has 1 aliphatic rings. The number of benzene rings is 1. The highest BCUT2D eigenvalue weighted by Crippen LogP contribution is 2.28. The number of fused-ring (bicyclic) bond motifs is 1. The van der Waals surface area contributed by atoms with Crippen LogP contribution in [-0.4, -0.2) is 42.1 Å². The third-order valence-electron chi connectivity index (χ3n) is 5.88. The van der Waals surface area contributed by atoms with Crippen molar-refractivity contribution in [3.63, 3.8) is 0 Å². The van der Waals surface area contributed by atoms with Gasteiger partial charge in [0.25, 0.3) is 0 Å². The van der Waals surface area contributed by atoms with Crippen molar-refractivity contribution in [2.75, 3.05) is 26.7 Å². The van der Waals surface area contributed by atoms with Crippen LogP contribution in [0.5, 0.6) is 5.75 Å². The van der Waals surface area contributed by atoms with Crippen LogP contribution in [0.15, 0.2) is 47.2 Å². The van der Waals surface area contributed by atoms with Gasteiger partial charge in [-0.3, -0.25) is 9.69 Å². The first-order valence-corrected chi connectivity index (χ1v) is 10.3. The minimum Gasteiger partial charge on any atom is -0.497 e. The zero-order valence-corrected chi connectivity index (χ0v) is 17.2. The van der Waals surface area contributed by atoms with Gasteiger partial charge in [0.05, 0.1) is 13.4 Å². The van der Waals surface area contributed by atoms with Gasteiger partial charge in [-0.25, -0.2) is 0 Å². The predicted octanol–water partition coefficient (Wildman–Crippen LogP) is 3.35. The number of carbonyl (C=O) groups is 1. The lowest BCUT2D eigenvalue weighted by atomic mass is 9.95. The van der Waals surface area contributed by atoms with E-state index in [0.717, 1.165) is 50.4 Å². The minimum absolute atomic E-state index is 0.107. The van der Waals surface area contributed by atoms with Crippen molar-refractivity contribution in [2.24, 2.45) is 13.0 Å². The summed E-state index contributed by atoms with van der Waals surface area (Å²) in [5, 5.41) is 4.30. The van der Waals surface area contributed by atoms with Gasteiger partial charge in [0.2, 0.25) is 5.91 Å². The van der Waals surface area contributed by atoms with E-state index in [-0.39, 0.29) is 11.8 Å². The second-order valence-electron chi connectivity index (χ2n) is 7.82. The van der Waals surface area contributed by atoms with Gasteiger partial charge in [-0.05, 0) is 61.8 Å². The maximum Gasteiger partial charge on any atom is 0.223 e. The van der Waals surface area contributed by atoms with E-state index >= 15 is 0 Å². The number of likely N-dealkylation sites (tertiary alicyclic amines) is 1. The molecule has 2 aromatic heterocycles. The van der Waals surface area contributed by atoms with Crippen molar-refractivity contribution < 1.29 is 13.9 Å². The topological polar surface area (TPSA) is 59.6 Å². The number of hydrogen-bond acceptors (Lipinski definition) is 4. The Kier molecular flexibility index (Phi) is 5.90. The first-order valence-electron chi connectivity index (χ1n) is 10.3. The number of ether oxygens (including phenoxy) is 1. The number of carbonyl (C=O) groups excluding carboxylic acids is 1. The number of amides is 1. The summed E-state index contributed by atoms with van der Waals surface area (Å²) in [5.41, 5.74) is 2.52. The summed E-state index contributed by atoms with van der Waals surface area (Å²) in [4.78, 5) is 14.9. The second kappa shape index (κ2) is 8.74. The molecule has 1 fully saturated rings. The molecule has 0 saturated carbocycles. The van der Waals surface area contributed by atoms with Crippen molar-refractivity contribution in [3.8, 4) is 5.75 Å².